The Morgan fingerprint density at radius 1 is 1.29 bits per heavy atom. The van der Waals surface area contributed by atoms with Gasteiger partial charge in [-0.05, 0) is 58.7 Å². The van der Waals surface area contributed by atoms with Gasteiger partial charge in [-0.1, -0.05) is 15.9 Å². The molecule has 3 N–H and O–H groups in total. The number of amides is 1. The molecule has 2 aromatic rings. The van der Waals surface area contributed by atoms with Gasteiger partial charge in [0.15, 0.2) is 11.5 Å². The van der Waals surface area contributed by atoms with Crippen LogP contribution in [0, 0.1) is 0 Å². The molecule has 1 amide bonds. The summed E-state index contributed by atoms with van der Waals surface area (Å²) in [5, 5.41) is 23.4. The zero-order valence-electron chi connectivity index (χ0n) is 12.6. The number of nitrogens with zero attached hydrogens (tertiary/aromatic N) is 1. The second kappa shape index (κ2) is 8.16. The zero-order valence-corrected chi connectivity index (χ0v) is 15.8. The molecule has 0 bridgehead atoms. The van der Waals surface area contributed by atoms with Gasteiger partial charge < -0.3 is 14.9 Å². The van der Waals surface area contributed by atoms with Crippen molar-refractivity contribution in [3.8, 4) is 17.2 Å². The number of hydrazone groups is 1. The van der Waals surface area contributed by atoms with Crippen molar-refractivity contribution in [3.05, 3.63) is 50.4 Å². The fourth-order valence-electron chi connectivity index (χ4n) is 1.85. The van der Waals surface area contributed by atoms with Gasteiger partial charge in [-0.2, -0.15) is 5.10 Å². The Kier molecular flexibility index (Phi) is 6.22. The Bertz CT molecular complexity index is 794. The van der Waals surface area contributed by atoms with Crippen LogP contribution in [0.3, 0.4) is 0 Å². The average molecular weight is 458 g/mol. The highest BCUT2D eigenvalue weighted by Gasteiger charge is 2.14. The molecule has 0 aliphatic rings. The molecule has 8 heteroatoms. The Balaban J connectivity index is 2.12. The molecule has 0 unspecified atom stereocenters. The van der Waals surface area contributed by atoms with Crippen LogP contribution in [-0.2, 0) is 0 Å². The SMILES string of the molecule is CCOc1cc(/C=N/NC(=O)c2cc(Br)cc(Br)c2O)ccc1O. The molecule has 0 saturated heterocycles. The molecule has 126 valence electrons. The molecule has 0 spiro atoms. The van der Waals surface area contributed by atoms with E-state index in [0.29, 0.717) is 26.9 Å². The minimum Gasteiger partial charge on any atom is -0.506 e. The van der Waals surface area contributed by atoms with Crippen molar-refractivity contribution < 1.29 is 19.7 Å². The molecular weight excluding hydrogens is 444 g/mol. The third kappa shape index (κ3) is 4.48. The maximum atomic E-state index is 12.1. The summed E-state index contributed by atoms with van der Waals surface area (Å²) in [6, 6.07) is 7.81. The van der Waals surface area contributed by atoms with Gasteiger partial charge in [0.2, 0.25) is 0 Å². The van der Waals surface area contributed by atoms with Crippen molar-refractivity contribution in [2.75, 3.05) is 6.61 Å². The summed E-state index contributed by atoms with van der Waals surface area (Å²) in [5.41, 5.74) is 3.05. The van der Waals surface area contributed by atoms with Crippen LogP contribution in [-0.4, -0.2) is 28.9 Å². The summed E-state index contributed by atoms with van der Waals surface area (Å²) in [6.07, 6.45) is 1.41. The van der Waals surface area contributed by atoms with Gasteiger partial charge >= 0.3 is 0 Å². The van der Waals surface area contributed by atoms with Crippen molar-refractivity contribution in [2.24, 2.45) is 5.10 Å². The normalized spacial score (nSPS) is 10.8. The number of ether oxygens (including phenoxy) is 1. The van der Waals surface area contributed by atoms with Crippen LogP contribution in [0.5, 0.6) is 17.2 Å². The van der Waals surface area contributed by atoms with E-state index in [-0.39, 0.29) is 17.1 Å². The summed E-state index contributed by atoms with van der Waals surface area (Å²) < 4.78 is 6.31. The molecule has 0 heterocycles. The van der Waals surface area contributed by atoms with Gasteiger partial charge in [-0.15, -0.1) is 0 Å². The molecule has 2 aromatic carbocycles. The minimum atomic E-state index is -0.561. The summed E-state index contributed by atoms with van der Waals surface area (Å²) >= 11 is 6.42. The molecule has 0 aliphatic heterocycles. The van der Waals surface area contributed by atoms with Crippen molar-refractivity contribution >= 4 is 44.0 Å². The van der Waals surface area contributed by atoms with Gasteiger partial charge in [-0.25, -0.2) is 5.43 Å². The van der Waals surface area contributed by atoms with E-state index < -0.39 is 5.91 Å². The number of nitrogens with one attached hydrogen (secondary N) is 1. The van der Waals surface area contributed by atoms with Crippen LogP contribution in [0.25, 0.3) is 0 Å². The Morgan fingerprint density at radius 3 is 2.75 bits per heavy atom. The van der Waals surface area contributed by atoms with Gasteiger partial charge in [0.05, 0.1) is 22.9 Å². The highest BCUT2D eigenvalue weighted by molar-refractivity contribution is 9.11. The first-order chi connectivity index (χ1) is 11.4. The summed E-state index contributed by atoms with van der Waals surface area (Å²) in [6.45, 7) is 2.23. The second-order valence-electron chi connectivity index (χ2n) is 4.64. The van der Waals surface area contributed by atoms with Crippen LogP contribution in [0.4, 0.5) is 0 Å². The van der Waals surface area contributed by atoms with E-state index in [2.05, 4.69) is 42.4 Å². The van der Waals surface area contributed by atoms with Crippen molar-refractivity contribution in [3.63, 3.8) is 0 Å². The average Bonchev–Trinajstić information content (AvgIpc) is 2.54. The van der Waals surface area contributed by atoms with Crippen LogP contribution >= 0.6 is 31.9 Å². The van der Waals surface area contributed by atoms with Gasteiger partial charge in [-0.3, -0.25) is 4.79 Å². The standard InChI is InChI=1S/C16H14Br2N2O4/c1-2-24-14-5-9(3-4-13(14)21)8-19-20-16(23)11-6-10(17)7-12(18)15(11)22/h3-8,21-22H,2H2,1H3,(H,20,23)/b19-8+. The van der Waals surface area contributed by atoms with Crippen molar-refractivity contribution in [1.29, 1.82) is 0 Å². The van der Waals surface area contributed by atoms with E-state index in [0.717, 1.165) is 0 Å². The number of carbonyl (C=O) groups excluding carboxylic acids is 1. The largest absolute Gasteiger partial charge is 0.506 e. The molecule has 24 heavy (non-hydrogen) atoms. The first-order valence-electron chi connectivity index (χ1n) is 6.89. The lowest BCUT2D eigenvalue weighted by Crippen LogP contribution is -2.17. The van der Waals surface area contributed by atoms with Crippen LogP contribution in [0.15, 0.2) is 44.4 Å². The molecule has 6 nitrogen and oxygen atoms in total. The Hall–Kier alpha value is -2.06. The van der Waals surface area contributed by atoms with E-state index in [1.165, 1.54) is 18.3 Å². The maximum Gasteiger partial charge on any atom is 0.275 e. The predicted octanol–water partition coefficient (Wildman–Crippen LogP) is 3.79. The van der Waals surface area contributed by atoms with Gasteiger partial charge in [0.25, 0.3) is 5.91 Å². The van der Waals surface area contributed by atoms with E-state index in [9.17, 15) is 15.0 Å². The molecule has 0 saturated carbocycles. The topological polar surface area (TPSA) is 91.2 Å². The highest BCUT2D eigenvalue weighted by atomic mass is 79.9. The van der Waals surface area contributed by atoms with Crippen LogP contribution in [0.1, 0.15) is 22.8 Å². The fraction of sp³-hybridized carbons (Fsp3) is 0.125. The summed E-state index contributed by atoms with van der Waals surface area (Å²) in [4.78, 5) is 12.1. The first kappa shape index (κ1) is 18.3. The number of halogens is 2. The highest BCUT2D eigenvalue weighted by Crippen LogP contribution is 2.31. The molecule has 0 fully saturated rings. The number of aromatic hydroxyl groups is 2. The quantitative estimate of drug-likeness (QED) is 0.470. The lowest BCUT2D eigenvalue weighted by molar-refractivity contribution is 0.0952. The second-order valence-corrected chi connectivity index (χ2v) is 6.41. The Morgan fingerprint density at radius 2 is 2.04 bits per heavy atom. The van der Waals surface area contributed by atoms with Gasteiger partial charge in [0.1, 0.15) is 5.75 Å². The van der Waals surface area contributed by atoms with Crippen LogP contribution < -0.4 is 10.2 Å². The van der Waals surface area contributed by atoms with E-state index in [1.54, 1.807) is 18.2 Å². The molecule has 0 radical (unpaired) electrons. The molecule has 2 rings (SSSR count). The summed E-state index contributed by atoms with van der Waals surface area (Å²) in [5.74, 6) is -0.369. The predicted molar refractivity (Wildman–Crippen MR) is 97.8 cm³/mol. The number of hydrogen-bond acceptors (Lipinski definition) is 5. The lowest BCUT2D eigenvalue weighted by Gasteiger charge is -2.07. The fourth-order valence-corrected chi connectivity index (χ4v) is 3.07. The number of carbonyl (C=O) groups is 1. The van der Waals surface area contributed by atoms with Gasteiger partial charge in [0, 0.05) is 4.47 Å². The third-order valence-corrected chi connectivity index (χ3v) is 4.00. The van der Waals surface area contributed by atoms with Crippen molar-refractivity contribution in [2.45, 2.75) is 6.92 Å². The number of rotatable bonds is 5. The first-order valence-corrected chi connectivity index (χ1v) is 8.48. The molecule has 0 aliphatic carbocycles. The summed E-state index contributed by atoms with van der Waals surface area (Å²) in [7, 11) is 0. The number of hydrogen-bond donors (Lipinski definition) is 3. The third-order valence-electron chi connectivity index (χ3n) is 2.94. The Labute approximate surface area is 155 Å². The zero-order chi connectivity index (χ0) is 17.7. The molecular formula is C16H14Br2N2O4. The number of phenolic OH excluding ortho intramolecular Hbond substituents is 2. The monoisotopic (exact) mass is 456 g/mol. The van der Waals surface area contributed by atoms with E-state index in [1.807, 2.05) is 6.92 Å². The van der Waals surface area contributed by atoms with Crippen molar-refractivity contribution in [1.82, 2.24) is 5.43 Å². The van der Waals surface area contributed by atoms with E-state index >= 15 is 0 Å². The lowest BCUT2D eigenvalue weighted by atomic mass is 10.2. The maximum absolute atomic E-state index is 12.1. The smallest absolute Gasteiger partial charge is 0.275 e. The molecule has 0 atom stereocenters. The molecule has 0 aromatic heterocycles. The minimum absolute atomic E-state index is 0.0296. The number of phenols is 2. The number of benzene rings is 2. The van der Waals surface area contributed by atoms with Crippen LogP contribution in [0.2, 0.25) is 0 Å². The van der Waals surface area contributed by atoms with E-state index in [4.69, 9.17) is 4.74 Å².